The lowest BCUT2D eigenvalue weighted by Gasteiger charge is -2.26. The van der Waals surface area contributed by atoms with Crippen LogP contribution in [0, 0.1) is 6.92 Å². The molecule has 1 aliphatic rings. The summed E-state index contributed by atoms with van der Waals surface area (Å²) in [5, 5.41) is 8.48. The van der Waals surface area contributed by atoms with Gasteiger partial charge in [0.1, 0.15) is 0 Å². The summed E-state index contributed by atoms with van der Waals surface area (Å²) in [6.07, 6.45) is 2.83. The highest BCUT2D eigenvalue weighted by molar-refractivity contribution is 9.10. The Kier molecular flexibility index (Phi) is 4.09. The van der Waals surface area contributed by atoms with Crippen LogP contribution in [0.15, 0.2) is 59.2 Å². The normalized spacial score (nSPS) is 16.1. The number of halogens is 1. The minimum absolute atomic E-state index is 0.00731. The van der Waals surface area contributed by atoms with Gasteiger partial charge in [-0.2, -0.15) is 5.10 Å². The van der Waals surface area contributed by atoms with Crippen LogP contribution in [-0.4, -0.2) is 32.5 Å². The largest absolute Gasteiger partial charge is 0.361 e. The summed E-state index contributed by atoms with van der Waals surface area (Å²) in [5.74, 6) is -0.00731. The second kappa shape index (κ2) is 6.63. The molecule has 140 valence electrons. The van der Waals surface area contributed by atoms with Gasteiger partial charge in [0.25, 0.3) is 5.91 Å². The van der Waals surface area contributed by atoms with E-state index in [1.165, 1.54) is 10.9 Å². The molecule has 28 heavy (non-hydrogen) atoms. The second-order valence-corrected chi connectivity index (χ2v) is 8.09. The number of amides is 1. The maximum atomic E-state index is 13.1. The number of carbonyl (C=O) groups excluding carboxylic acids is 1. The predicted octanol–water partition coefficient (Wildman–Crippen LogP) is 4.75. The molecule has 1 atom stereocenters. The molecule has 0 saturated carbocycles. The van der Waals surface area contributed by atoms with Gasteiger partial charge >= 0.3 is 0 Å². The van der Waals surface area contributed by atoms with Gasteiger partial charge in [0.2, 0.25) is 0 Å². The summed E-state index contributed by atoms with van der Waals surface area (Å²) in [6, 6.07) is 16.3. The summed E-state index contributed by atoms with van der Waals surface area (Å²) in [6.45, 7) is 2.62. The zero-order valence-corrected chi connectivity index (χ0v) is 17.0. The Hall–Kier alpha value is -2.86. The summed E-state index contributed by atoms with van der Waals surface area (Å²) < 4.78 is 1.02. The zero-order chi connectivity index (χ0) is 19.3. The summed E-state index contributed by atoms with van der Waals surface area (Å²) in [7, 11) is 0. The van der Waals surface area contributed by atoms with Crippen LogP contribution in [-0.2, 0) is 6.42 Å². The topological polar surface area (TPSA) is 64.8 Å². The van der Waals surface area contributed by atoms with Crippen LogP contribution >= 0.6 is 15.9 Å². The van der Waals surface area contributed by atoms with Crippen LogP contribution in [0.1, 0.15) is 38.9 Å². The number of carbonyl (C=O) groups is 1. The molecule has 3 heterocycles. The Morgan fingerprint density at radius 2 is 1.93 bits per heavy atom. The van der Waals surface area contributed by atoms with Crippen molar-refractivity contribution in [2.24, 2.45) is 0 Å². The van der Waals surface area contributed by atoms with Gasteiger partial charge in [-0.1, -0.05) is 46.3 Å². The van der Waals surface area contributed by atoms with E-state index >= 15 is 0 Å². The van der Waals surface area contributed by atoms with Crippen LogP contribution in [0.25, 0.3) is 10.9 Å². The number of aromatic amines is 2. The number of benzene rings is 2. The summed E-state index contributed by atoms with van der Waals surface area (Å²) in [4.78, 5) is 18.4. The fraction of sp³-hybridized carbons (Fsp3) is 0.182. The van der Waals surface area contributed by atoms with E-state index in [0.29, 0.717) is 12.2 Å². The molecule has 0 spiro atoms. The first-order chi connectivity index (χ1) is 13.6. The molecule has 1 amide bonds. The van der Waals surface area contributed by atoms with Gasteiger partial charge < -0.3 is 9.88 Å². The van der Waals surface area contributed by atoms with Crippen molar-refractivity contribution in [3.8, 4) is 0 Å². The minimum atomic E-state index is -0.112. The van der Waals surface area contributed by atoms with Crippen molar-refractivity contribution in [3.63, 3.8) is 0 Å². The number of hydrogen-bond donors (Lipinski definition) is 2. The lowest BCUT2D eigenvalue weighted by atomic mass is 9.99. The standard InChI is InChI=1S/C22H19BrN4O/c1-13-19-20(26-25-13)22(28)27(21(19)14-6-8-16(23)9-7-14)11-10-15-12-24-18-5-3-2-4-17(15)18/h2-9,12,21,24H,10-11H2,1H3,(H,25,26). The molecule has 1 aliphatic heterocycles. The third-order valence-corrected chi connectivity index (χ3v) is 6.05. The van der Waals surface area contributed by atoms with Crippen molar-refractivity contribution in [2.45, 2.75) is 19.4 Å². The van der Waals surface area contributed by atoms with Crippen LogP contribution in [0.3, 0.4) is 0 Å². The van der Waals surface area contributed by atoms with Crippen LogP contribution in [0.5, 0.6) is 0 Å². The molecule has 5 rings (SSSR count). The molecule has 0 aliphatic carbocycles. The number of nitrogens with one attached hydrogen (secondary N) is 2. The highest BCUT2D eigenvalue weighted by atomic mass is 79.9. The third-order valence-electron chi connectivity index (χ3n) is 5.53. The summed E-state index contributed by atoms with van der Waals surface area (Å²) in [5.41, 5.74) is 5.93. The smallest absolute Gasteiger partial charge is 0.275 e. The Morgan fingerprint density at radius 1 is 1.14 bits per heavy atom. The Labute approximate surface area is 170 Å². The quantitative estimate of drug-likeness (QED) is 0.486. The van der Waals surface area contributed by atoms with Crippen molar-refractivity contribution in [2.75, 3.05) is 6.54 Å². The number of H-pyrrole nitrogens is 2. The Morgan fingerprint density at radius 3 is 2.75 bits per heavy atom. The maximum absolute atomic E-state index is 13.1. The van der Waals surface area contributed by atoms with Gasteiger partial charge in [-0.3, -0.25) is 9.89 Å². The molecule has 1 unspecified atom stereocenters. The molecule has 4 aromatic rings. The third kappa shape index (κ3) is 2.67. The van der Waals surface area contributed by atoms with Gasteiger partial charge in [0.15, 0.2) is 5.69 Å². The zero-order valence-electron chi connectivity index (χ0n) is 15.4. The first-order valence-corrected chi connectivity index (χ1v) is 10.1. The van der Waals surface area contributed by atoms with Crippen molar-refractivity contribution >= 4 is 32.7 Å². The van der Waals surface area contributed by atoms with E-state index in [4.69, 9.17) is 0 Å². The maximum Gasteiger partial charge on any atom is 0.275 e. The fourth-order valence-electron chi connectivity index (χ4n) is 4.15. The van der Waals surface area contributed by atoms with Crippen molar-refractivity contribution in [1.29, 1.82) is 0 Å². The Bertz CT molecular complexity index is 1170. The van der Waals surface area contributed by atoms with Gasteiger partial charge in [0.05, 0.1) is 6.04 Å². The number of nitrogens with zero attached hydrogens (tertiary/aromatic N) is 2. The van der Waals surface area contributed by atoms with Gasteiger partial charge in [-0.05, 0) is 42.7 Å². The molecule has 2 aromatic heterocycles. The van der Waals surface area contributed by atoms with Gasteiger partial charge in [-0.15, -0.1) is 0 Å². The molecule has 0 bridgehead atoms. The van der Waals surface area contributed by atoms with E-state index in [-0.39, 0.29) is 11.9 Å². The van der Waals surface area contributed by atoms with E-state index in [1.54, 1.807) is 0 Å². The summed E-state index contributed by atoms with van der Waals surface area (Å²) >= 11 is 3.50. The van der Waals surface area contributed by atoms with Gasteiger partial charge in [-0.25, -0.2) is 0 Å². The van der Waals surface area contributed by atoms with Crippen molar-refractivity contribution in [1.82, 2.24) is 20.1 Å². The van der Waals surface area contributed by atoms with Crippen molar-refractivity contribution in [3.05, 3.63) is 87.3 Å². The molecular weight excluding hydrogens is 416 g/mol. The molecule has 2 aromatic carbocycles. The van der Waals surface area contributed by atoms with E-state index < -0.39 is 0 Å². The average Bonchev–Trinajstić information content (AvgIpc) is 3.36. The predicted molar refractivity (Wildman–Crippen MR) is 112 cm³/mol. The number of hydrogen-bond acceptors (Lipinski definition) is 2. The monoisotopic (exact) mass is 434 g/mol. The molecular formula is C22H19BrN4O. The van der Waals surface area contributed by atoms with Crippen LogP contribution < -0.4 is 0 Å². The number of para-hydroxylation sites is 1. The number of rotatable bonds is 4. The first kappa shape index (κ1) is 17.3. The fourth-order valence-corrected chi connectivity index (χ4v) is 4.41. The molecule has 5 nitrogen and oxygen atoms in total. The second-order valence-electron chi connectivity index (χ2n) is 7.17. The number of aromatic nitrogens is 3. The lowest BCUT2D eigenvalue weighted by Crippen LogP contribution is -2.31. The Balaban J connectivity index is 1.50. The highest BCUT2D eigenvalue weighted by Gasteiger charge is 2.41. The SMILES string of the molecule is Cc1[nH]nc2c1C(c1ccc(Br)cc1)N(CCc1c[nH]c3ccccc13)C2=O. The van der Waals surface area contributed by atoms with E-state index in [9.17, 15) is 4.79 Å². The first-order valence-electron chi connectivity index (χ1n) is 9.30. The highest BCUT2D eigenvalue weighted by Crippen LogP contribution is 2.39. The van der Waals surface area contributed by atoms with E-state index in [2.05, 4.69) is 55.4 Å². The van der Waals surface area contributed by atoms with Crippen LogP contribution in [0.4, 0.5) is 0 Å². The lowest BCUT2D eigenvalue weighted by molar-refractivity contribution is 0.0745. The van der Waals surface area contributed by atoms with E-state index in [1.807, 2.05) is 42.3 Å². The van der Waals surface area contributed by atoms with E-state index in [0.717, 1.165) is 33.2 Å². The van der Waals surface area contributed by atoms with Crippen LogP contribution in [0.2, 0.25) is 0 Å². The molecule has 0 saturated heterocycles. The molecule has 2 N–H and O–H groups in total. The molecule has 0 fully saturated rings. The number of fused-ring (bicyclic) bond motifs is 2. The minimum Gasteiger partial charge on any atom is -0.361 e. The van der Waals surface area contributed by atoms with Gasteiger partial charge in [0, 0.05) is 39.4 Å². The van der Waals surface area contributed by atoms with Crippen molar-refractivity contribution < 1.29 is 4.79 Å². The molecule has 0 radical (unpaired) electrons. The number of aryl methyl sites for hydroxylation is 1. The molecule has 6 heteroatoms. The average molecular weight is 435 g/mol.